The molecule has 0 aromatic heterocycles. The van der Waals surface area contributed by atoms with Crippen LogP contribution in [-0.4, -0.2) is 27.2 Å². The van der Waals surface area contributed by atoms with E-state index in [2.05, 4.69) is 69.6 Å². The molecule has 0 saturated heterocycles. The van der Waals surface area contributed by atoms with E-state index in [1.807, 2.05) is 0 Å². The molecule has 0 spiro atoms. The molecule has 24 heavy (non-hydrogen) atoms. The summed E-state index contributed by atoms with van der Waals surface area (Å²) in [6, 6.07) is 17.8. The third-order valence-electron chi connectivity index (χ3n) is 5.84. The zero-order valence-electron chi connectivity index (χ0n) is 14.7. The highest BCUT2D eigenvalue weighted by Crippen LogP contribution is 2.59. The van der Waals surface area contributed by atoms with E-state index in [0.29, 0.717) is 0 Å². The molecule has 0 saturated carbocycles. The molecular formula is C21H26ClNO. The average Bonchev–Trinajstić information content (AvgIpc) is 2.57. The largest absolute Gasteiger partial charge is 1.00 e. The Morgan fingerprint density at radius 2 is 1.38 bits per heavy atom. The van der Waals surface area contributed by atoms with Crippen LogP contribution in [0.1, 0.15) is 42.0 Å². The molecule has 0 unspecified atom stereocenters. The number of fused-ring (bicyclic) bond motifs is 1. The fourth-order valence-electron chi connectivity index (χ4n) is 4.54. The summed E-state index contributed by atoms with van der Waals surface area (Å²) in [5.74, 6) is 0. The van der Waals surface area contributed by atoms with Gasteiger partial charge in [0.1, 0.15) is 12.1 Å². The van der Waals surface area contributed by atoms with Crippen molar-refractivity contribution in [2.75, 3.05) is 27.2 Å². The molecule has 2 aromatic carbocycles. The third kappa shape index (κ3) is 2.32. The summed E-state index contributed by atoms with van der Waals surface area (Å²) in [5.41, 5.74) is 5.58. The summed E-state index contributed by atoms with van der Waals surface area (Å²) in [6.07, 6.45) is 2.25. The second-order valence-electron chi connectivity index (χ2n) is 7.56. The molecule has 0 aliphatic heterocycles. The summed E-state index contributed by atoms with van der Waals surface area (Å²) in [7, 11) is 4.36. The lowest BCUT2D eigenvalue weighted by Crippen LogP contribution is -3.06. The number of benzene rings is 2. The summed E-state index contributed by atoms with van der Waals surface area (Å²) >= 11 is 0. The normalized spacial score (nSPS) is 26.7. The monoisotopic (exact) mass is 343 g/mol. The smallest absolute Gasteiger partial charge is 0.119 e. The fraction of sp³-hybridized carbons (Fsp3) is 0.429. The second kappa shape index (κ2) is 6.18. The summed E-state index contributed by atoms with van der Waals surface area (Å²) in [6.45, 7) is 4.22. The number of rotatable bonds is 4. The van der Waals surface area contributed by atoms with Gasteiger partial charge in [0.25, 0.3) is 0 Å². The highest BCUT2D eigenvalue weighted by molar-refractivity contribution is 5.60. The lowest BCUT2D eigenvalue weighted by molar-refractivity contribution is -0.859. The van der Waals surface area contributed by atoms with Crippen molar-refractivity contribution in [3.8, 4) is 0 Å². The zero-order valence-corrected chi connectivity index (χ0v) is 15.5. The number of nitrogens with one attached hydrogen (secondary N) is 1. The highest BCUT2D eigenvalue weighted by atomic mass is 35.5. The van der Waals surface area contributed by atoms with Gasteiger partial charge in [0.15, 0.2) is 0 Å². The van der Waals surface area contributed by atoms with Crippen LogP contribution in [0.15, 0.2) is 48.5 Å². The standard InChI is InChI=1S/C21H25NO.ClH/c1-20-12-13-21(23-15-14-22(2)3,18-10-6-4-8-16(18)20)19-11-7-5-9-17(19)20;/h4-11H,12-15H2,1-3H3;1H. The van der Waals surface area contributed by atoms with Gasteiger partial charge in [-0.3, -0.25) is 0 Å². The first-order chi connectivity index (χ1) is 11.1. The molecule has 2 bridgehead atoms. The Balaban J connectivity index is 0.00000169. The van der Waals surface area contributed by atoms with Crippen molar-refractivity contribution in [3.63, 3.8) is 0 Å². The van der Waals surface area contributed by atoms with E-state index in [9.17, 15) is 0 Å². The zero-order chi connectivity index (χ0) is 16.1. The molecule has 3 aliphatic rings. The molecular weight excluding hydrogens is 318 g/mol. The molecule has 128 valence electrons. The Labute approximate surface area is 151 Å². The molecule has 3 aliphatic carbocycles. The van der Waals surface area contributed by atoms with E-state index in [4.69, 9.17) is 4.74 Å². The number of hydrogen-bond donors (Lipinski definition) is 1. The van der Waals surface area contributed by atoms with Gasteiger partial charge in [-0.05, 0) is 35.1 Å². The van der Waals surface area contributed by atoms with E-state index in [0.717, 1.165) is 26.0 Å². The van der Waals surface area contributed by atoms with Crippen molar-refractivity contribution in [2.24, 2.45) is 0 Å². The number of likely N-dealkylation sites (N-methyl/N-ethyl adjacent to an activating group) is 1. The predicted molar refractivity (Wildman–Crippen MR) is 93.0 cm³/mol. The molecule has 0 amide bonds. The minimum atomic E-state index is -0.250. The van der Waals surface area contributed by atoms with Crippen LogP contribution in [0.5, 0.6) is 0 Å². The van der Waals surface area contributed by atoms with Crippen LogP contribution < -0.4 is 17.3 Å². The van der Waals surface area contributed by atoms with Crippen LogP contribution in [0.25, 0.3) is 0 Å². The van der Waals surface area contributed by atoms with Crippen molar-refractivity contribution in [2.45, 2.75) is 30.8 Å². The van der Waals surface area contributed by atoms with Crippen LogP contribution in [0.4, 0.5) is 0 Å². The van der Waals surface area contributed by atoms with Gasteiger partial charge in [-0.1, -0.05) is 55.5 Å². The second-order valence-corrected chi connectivity index (χ2v) is 7.56. The number of hydrogen-bond acceptors (Lipinski definition) is 1. The Morgan fingerprint density at radius 1 is 0.875 bits per heavy atom. The van der Waals surface area contributed by atoms with E-state index >= 15 is 0 Å². The summed E-state index contributed by atoms with van der Waals surface area (Å²) in [4.78, 5) is 1.43. The van der Waals surface area contributed by atoms with Crippen molar-refractivity contribution in [1.29, 1.82) is 0 Å². The average molecular weight is 344 g/mol. The van der Waals surface area contributed by atoms with Crippen molar-refractivity contribution < 1.29 is 22.0 Å². The van der Waals surface area contributed by atoms with Gasteiger partial charge in [-0.15, -0.1) is 0 Å². The Bertz CT molecular complexity index is 693. The molecule has 1 N–H and O–H groups in total. The van der Waals surface area contributed by atoms with Gasteiger partial charge >= 0.3 is 0 Å². The van der Waals surface area contributed by atoms with Crippen LogP contribution in [-0.2, 0) is 15.8 Å². The summed E-state index contributed by atoms with van der Waals surface area (Å²) < 4.78 is 6.65. The quantitative estimate of drug-likeness (QED) is 0.791. The van der Waals surface area contributed by atoms with Crippen molar-refractivity contribution in [3.05, 3.63) is 70.8 Å². The first-order valence-corrected chi connectivity index (χ1v) is 8.71. The van der Waals surface area contributed by atoms with Crippen LogP contribution in [0.3, 0.4) is 0 Å². The number of quaternary nitrogens is 1. The Morgan fingerprint density at radius 3 is 1.88 bits per heavy atom. The van der Waals surface area contributed by atoms with Crippen LogP contribution in [0.2, 0.25) is 0 Å². The maximum atomic E-state index is 6.65. The predicted octanol–water partition coefficient (Wildman–Crippen LogP) is -0.491. The minimum Gasteiger partial charge on any atom is -1.00 e. The van der Waals surface area contributed by atoms with Crippen LogP contribution in [0, 0.1) is 0 Å². The molecule has 2 nitrogen and oxygen atoms in total. The van der Waals surface area contributed by atoms with Gasteiger partial charge in [0.05, 0.1) is 20.7 Å². The van der Waals surface area contributed by atoms with Gasteiger partial charge in [0, 0.05) is 5.41 Å². The minimum absolute atomic E-state index is 0. The Kier molecular flexibility index (Phi) is 4.50. The molecule has 2 aromatic rings. The summed E-state index contributed by atoms with van der Waals surface area (Å²) in [5, 5.41) is 0. The molecule has 3 heteroatoms. The lowest BCUT2D eigenvalue weighted by Gasteiger charge is -2.54. The van der Waals surface area contributed by atoms with E-state index in [1.165, 1.54) is 27.2 Å². The lowest BCUT2D eigenvalue weighted by atomic mass is 9.54. The number of ether oxygens (including phenoxy) is 1. The maximum Gasteiger partial charge on any atom is 0.119 e. The van der Waals surface area contributed by atoms with E-state index in [-0.39, 0.29) is 23.4 Å². The van der Waals surface area contributed by atoms with Gasteiger partial charge in [-0.25, -0.2) is 0 Å². The topological polar surface area (TPSA) is 13.7 Å². The third-order valence-corrected chi connectivity index (χ3v) is 5.84. The molecule has 0 heterocycles. The molecule has 0 radical (unpaired) electrons. The van der Waals surface area contributed by atoms with Crippen molar-refractivity contribution >= 4 is 0 Å². The van der Waals surface area contributed by atoms with E-state index < -0.39 is 0 Å². The molecule has 5 rings (SSSR count). The van der Waals surface area contributed by atoms with Gasteiger partial charge < -0.3 is 22.0 Å². The maximum absolute atomic E-state index is 6.65. The van der Waals surface area contributed by atoms with E-state index in [1.54, 1.807) is 0 Å². The first-order valence-electron chi connectivity index (χ1n) is 8.71. The Hall–Kier alpha value is -1.35. The molecule has 0 atom stereocenters. The van der Waals surface area contributed by atoms with Crippen molar-refractivity contribution in [1.82, 2.24) is 0 Å². The molecule has 0 fully saturated rings. The van der Waals surface area contributed by atoms with Crippen LogP contribution >= 0.6 is 0 Å². The fourth-order valence-corrected chi connectivity index (χ4v) is 4.54. The SMILES string of the molecule is C[NH+](C)CCOC12CCC(C)(c3ccccc31)c1ccccc12.[Cl-]. The highest BCUT2D eigenvalue weighted by Gasteiger charge is 2.54. The first kappa shape index (κ1) is 17.5. The van der Waals surface area contributed by atoms with Gasteiger partial charge in [0.2, 0.25) is 0 Å². The van der Waals surface area contributed by atoms with Gasteiger partial charge in [-0.2, -0.15) is 0 Å². The number of halogens is 1.